The standard InChI is InChI=1S/C34H38O3/c1-2-3-4-5-6-7-8-11-26-36-32-22-20-31(21-23-32)34(35)37-33-24-18-30(19-25-33)29-16-14-28(15-17-29)27-12-9-10-13-27/h9-10,12-25,27H,2-8,11,26H2,1H3. The summed E-state index contributed by atoms with van der Waals surface area (Å²) in [6.45, 7) is 2.96. The van der Waals surface area contributed by atoms with Gasteiger partial charge in [0.25, 0.3) is 0 Å². The van der Waals surface area contributed by atoms with Crippen molar-refractivity contribution < 1.29 is 14.3 Å². The highest BCUT2D eigenvalue weighted by Crippen LogP contribution is 2.27. The van der Waals surface area contributed by atoms with E-state index in [1.54, 1.807) is 12.1 Å². The van der Waals surface area contributed by atoms with Gasteiger partial charge in [-0.05, 0) is 59.5 Å². The summed E-state index contributed by atoms with van der Waals surface area (Å²) < 4.78 is 11.4. The summed E-state index contributed by atoms with van der Waals surface area (Å²) in [4.78, 5) is 12.6. The molecule has 0 aromatic heterocycles. The van der Waals surface area contributed by atoms with E-state index in [1.165, 1.54) is 50.5 Å². The van der Waals surface area contributed by atoms with Crippen molar-refractivity contribution in [1.29, 1.82) is 0 Å². The first-order chi connectivity index (χ1) is 18.2. The second-order valence-electron chi connectivity index (χ2n) is 9.68. The van der Waals surface area contributed by atoms with Gasteiger partial charge in [0.2, 0.25) is 0 Å². The Hall–Kier alpha value is -3.59. The van der Waals surface area contributed by atoms with E-state index in [0.29, 0.717) is 23.8 Å². The van der Waals surface area contributed by atoms with Crippen LogP contribution in [-0.2, 0) is 0 Å². The molecule has 0 saturated carbocycles. The lowest BCUT2D eigenvalue weighted by atomic mass is 9.97. The van der Waals surface area contributed by atoms with Crippen molar-refractivity contribution in [1.82, 2.24) is 0 Å². The van der Waals surface area contributed by atoms with E-state index in [-0.39, 0.29) is 5.97 Å². The van der Waals surface area contributed by atoms with Gasteiger partial charge in [-0.2, -0.15) is 0 Å². The van der Waals surface area contributed by atoms with Crippen LogP contribution in [0.25, 0.3) is 11.1 Å². The molecule has 1 aliphatic carbocycles. The molecule has 3 heteroatoms. The molecule has 0 aliphatic heterocycles. The van der Waals surface area contributed by atoms with Gasteiger partial charge < -0.3 is 9.47 Å². The highest BCUT2D eigenvalue weighted by molar-refractivity contribution is 5.91. The summed E-state index contributed by atoms with van der Waals surface area (Å²) in [6, 6.07) is 23.4. The summed E-state index contributed by atoms with van der Waals surface area (Å²) in [5, 5.41) is 0. The van der Waals surface area contributed by atoms with Crippen LogP contribution >= 0.6 is 0 Å². The lowest BCUT2D eigenvalue weighted by molar-refractivity contribution is 0.0734. The van der Waals surface area contributed by atoms with Crippen molar-refractivity contribution >= 4 is 5.97 Å². The second kappa shape index (κ2) is 14.2. The Balaban J connectivity index is 1.20. The number of benzene rings is 3. The highest BCUT2D eigenvalue weighted by atomic mass is 16.5. The largest absolute Gasteiger partial charge is 0.494 e. The number of hydrogen-bond acceptors (Lipinski definition) is 3. The monoisotopic (exact) mass is 494 g/mol. The molecule has 0 heterocycles. The number of carbonyl (C=O) groups excluding carboxylic acids is 1. The lowest BCUT2D eigenvalue weighted by Gasteiger charge is -2.09. The Kier molecular flexibility index (Phi) is 10.2. The molecule has 0 saturated heterocycles. The molecule has 0 spiro atoms. The van der Waals surface area contributed by atoms with Crippen molar-refractivity contribution in [3.05, 3.63) is 108 Å². The molecule has 0 N–H and O–H groups in total. The quantitative estimate of drug-likeness (QED) is 0.127. The third-order valence-electron chi connectivity index (χ3n) is 6.80. The van der Waals surface area contributed by atoms with Crippen LogP contribution in [0.15, 0.2) is 97.1 Å². The number of unbranched alkanes of at least 4 members (excludes halogenated alkanes) is 7. The second-order valence-corrected chi connectivity index (χ2v) is 9.68. The summed E-state index contributed by atoms with van der Waals surface area (Å²) in [6.07, 6.45) is 18.8. The zero-order chi connectivity index (χ0) is 25.7. The Morgan fingerprint density at radius 2 is 1.19 bits per heavy atom. The van der Waals surface area contributed by atoms with Gasteiger partial charge in [0.1, 0.15) is 11.5 Å². The normalized spacial score (nSPS) is 12.7. The Bertz CT molecular complexity index is 1140. The summed E-state index contributed by atoms with van der Waals surface area (Å²) >= 11 is 0. The predicted octanol–water partition coefficient (Wildman–Crippen LogP) is 9.30. The average molecular weight is 495 g/mol. The smallest absolute Gasteiger partial charge is 0.343 e. The number of rotatable bonds is 14. The van der Waals surface area contributed by atoms with Crippen LogP contribution in [0, 0.1) is 0 Å². The molecular weight excluding hydrogens is 456 g/mol. The third kappa shape index (κ3) is 8.21. The Morgan fingerprint density at radius 3 is 1.81 bits per heavy atom. The van der Waals surface area contributed by atoms with E-state index in [1.807, 2.05) is 36.4 Å². The topological polar surface area (TPSA) is 35.5 Å². The minimum atomic E-state index is -0.371. The molecule has 0 fully saturated rings. The highest BCUT2D eigenvalue weighted by Gasteiger charge is 2.10. The van der Waals surface area contributed by atoms with E-state index in [9.17, 15) is 4.79 Å². The van der Waals surface area contributed by atoms with Crippen molar-refractivity contribution in [3.63, 3.8) is 0 Å². The number of esters is 1. The lowest BCUT2D eigenvalue weighted by Crippen LogP contribution is -2.08. The fraction of sp³-hybridized carbons (Fsp3) is 0.324. The van der Waals surface area contributed by atoms with Gasteiger partial charge in [0.15, 0.2) is 0 Å². The molecule has 3 aromatic rings. The van der Waals surface area contributed by atoms with Crippen LogP contribution in [0.3, 0.4) is 0 Å². The number of allylic oxidation sites excluding steroid dienone is 4. The molecule has 3 aromatic carbocycles. The molecule has 3 nitrogen and oxygen atoms in total. The van der Waals surface area contributed by atoms with E-state index in [0.717, 1.165) is 23.3 Å². The molecule has 0 amide bonds. The molecule has 0 atom stereocenters. The molecular formula is C34H38O3. The maximum Gasteiger partial charge on any atom is 0.343 e. The minimum absolute atomic E-state index is 0.367. The first kappa shape index (κ1) is 26.5. The van der Waals surface area contributed by atoms with Gasteiger partial charge in [-0.15, -0.1) is 0 Å². The van der Waals surface area contributed by atoms with E-state index >= 15 is 0 Å². The van der Waals surface area contributed by atoms with Gasteiger partial charge in [0.05, 0.1) is 12.2 Å². The Labute approximate surface area is 221 Å². The van der Waals surface area contributed by atoms with Gasteiger partial charge in [-0.3, -0.25) is 0 Å². The SMILES string of the molecule is CCCCCCCCCCOc1ccc(C(=O)Oc2ccc(-c3ccc(C4C=CC=C4)cc3)cc2)cc1. The maximum absolute atomic E-state index is 12.6. The summed E-state index contributed by atoms with van der Waals surface area (Å²) in [5.41, 5.74) is 4.01. The van der Waals surface area contributed by atoms with Crippen molar-refractivity contribution in [2.75, 3.05) is 6.61 Å². The van der Waals surface area contributed by atoms with Gasteiger partial charge >= 0.3 is 5.97 Å². The van der Waals surface area contributed by atoms with Crippen LogP contribution in [0.4, 0.5) is 0 Å². The van der Waals surface area contributed by atoms with Gasteiger partial charge in [0, 0.05) is 5.92 Å². The van der Waals surface area contributed by atoms with Crippen LogP contribution in [0.1, 0.15) is 80.1 Å². The molecule has 4 rings (SSSR count). The fourth-order valence-electron chi connectivity index (χ4n) is 4.55. The zero-order valence-corrected chi connectivity index (χ0v) is 21.9. The molecule has 0 radical (unpaired) electrons. The van der Waals surface area contributed by atoms with Crippen LogP contribution in [-0.4, -0.2) is 12.6 Å². The van der Waals surface area contributed by atoms with Gasteiger partial charge in [-0.25, -0.2) is 4.79 Å². The predicted molar refractivity (Wildman–Crippen MR) is 152 cm³/mol. The summed E-state index contributed by atoms with van der Waals surface area (Å²) in [5.74, 6) is 1.31. The third-order valence-corrected chi connectivity index (χ3v) is 6.80. The van der Waals surface area contributed by atoms with E-state index in [2.05, 4.69) is 55.5 Å². The molecule has 0 unspecified atom stereocenters. The molecule has 37 heavy (non-hydrogen) atoms. The fourth-order valence-corrected chi connectivity index (χ4v) is 4.55. The molecule has 1 aliphatic rings. The van der Waals surface area contributed by atoms with Crippen LogP contribution < -0.4 is 9.47 Å². The van der Waals surface area contributed by atoms with Crippen LogP contribution in [0.5, 0.6) is 11.5 Å². The number of ether oxygens (including phenoxy) is 2. The molecule has 0 bridgehead atoms. The summed E-state index contributed by atoms with van der Waals surface area (Å²) in [7, 11) is 0. The first-order valence-electron chi connectivity index (χ1n) is 13.7. The first-order valence-corrected chi connectivity index (χ1v) is 13.7. The number of hydrogen-bond donors (Lipinski definition) is 0. The Morgan fingerprint density at radius 1 is 0.649 bits per heavy atom. The van der Waals surface area contributed by atoms with E-state index < -0.39 is 0 Å². The molecule has 192 valence electrons. The average Bonchev–Trinajstić information content (AvgIpc) is 3.48. The van der Waals surface area contributed by atoms with Crippen molar-refractivity contribution in [3.8, 4) is 22.6 Å². The van der Waals surface area contributed by atoms with Gasteiger partial charge in [-0.1, -0.05) is 113 Å². The number of carbonyl (C=O) groups is 1. The van der Waals surface area contributed by atoms with Crippen molar-refractivity contribution in [2.45, 2.75) is 64.2 Å². The minimum Gasteiger partial charge on any atom is -0.494 e. The van der Waals surface area contributed by atoms with Crippen molar-refractivity contribution in [2.24, 2.45) is 0 Å². The zero-order valence-electron chi connectivity index (χ0n) is 21.9. The van der Waals surface area contributed by atoms with E-state index in [4.69, 9.17) is 9.47 Å². The maximum atomic E-state index is 12.6. The van der Waals surface area contributed by atoms with Crippen LogP contribution in [0.2, 0.25) is 0 Å².